The first kappa shape index (κ1) is 20.7. The average molecular weight is 478 g/mol. The quantitative estimate of drug-likeness (QED) is 0.613. The van der Waals surface area contributed by atoms with Crippen molar-refractivity contribution < 1.29 is 17.6 Å². The second kappa shape index (κ2) is 7.16. The highest BCUT2D eigenvalue weighted by Gasteiger charge is 2.57. The van der Waals surface area contributed by atoms with Crippen molar-refractivity contribution in [1.29, 1.82) is 0 Å². The number of ether oxygens (including phenoxy) is 1. The first-order valence-electron chi connectivity index (χ1n) is 9.69. The standard InChI is InChI=1S/C21H20ClN3O4S2/c1-20(12-31(26,27)21(19(23)25-20)4-7-29-11-21)18-15(22)9-17(30-18)13-2-5-24-16(8-13)14-3-6-28-10-14/h2-3,5-6,8-10H,4,7,11-12H2,1H3,(H2,23,25). The summed E-state index contributed by atoms with van der Waals surface area (Å²) in [5.74, 6) is -0.0590. The van der Waals surface area contributed by atoms with Crippen LogP contribution < -0.4 is 5.73 Å². The van der Waals surface area contributed by atoms with Crippen LogP contribution in [0.3, 0.4) is 0 Å². The average Bonchev–Trinajstić information content (AvgIpc) is 3.47. The fourth-order valence-corrected chi connectivity index (χ4v) is 8.17. The molecule has 2 atom stereocenters. The Labute approximate surface area is 188 Å². The third kappa shape index (κ3) is 3.22. The summed E-state index contributed by atoms with van der Waals surface area (Å²) in [7, 11) is -3.59. The maximum atomic E-state index is 13.3. The molecule has 0 radical (unpaired) electrons. The number of aromatic nitrogens is 1. The van der Waals surface area contributed by atoms with Gasteiger partial charge in [-0.1, -0.05) is 11.6 Å². The molecule has 3 aromatic heterocycles. The van der Waals surface area contributed by atoms with Gasteiger partial charge in [0.05, 0.1) is 40.5 Å². The van der Waals surface area contributed by atoms with Gasteiger partial charge < -0.3 is 14.9 Å². The van der Waals surface area contributed by atoms with Crippen LogP contribution >= 0.6 is 22.9 Å². The van der Waals surface area contributed by atoms with E-state index in [0.29, 0.717) is 22.9 Å². The monoisotopic (exact) mass is 477 g/mol. The summed E-state index contributed by atoms with van der Waals surface area (Å²) in [5.41, 5.74) is 7.75. The SMILES string of the molecule is CC1(c2sc(-c3ccnc(-c4ccoc4)c3)cc2Cl)CS(=O)(=O)C2(CCOC2)C(N)=N1. The third-order valence-corrected chi connectivity index (χ3v) is 10.4. The van der Waals surface area contributed by atoms with Crippen molar-refractivity contribution in [3.05, 3.63) is 52.9 Å². The Hall–Kier alpha value is -2.20. The van der Waals surface area contributed by atoms with Gasteiger partial charge in [-0.25, -0.2) is 8.42 Å². The van der Waals surface area contributed by atoms with Gasteiger partial charge in [-0.05, 0) is 43.2 Å². The maximum Gasteiger partial charge on any atom is 0.168 e. The Balaban J connectivity index is 1.56. The lowest BCUT2D eigenvalue weighted by Crippen LogP contribution is -2.58. The highest BCUT2D eigenvalue weighted by Crippen LogP contribution is 2.47. The summed E-state index contributed by atoms with van der Waals surface area (Å²) >= 11 is 8.02. The fraction of sp³-hybridized carbons (Fsp3) is 0.333. The highest BCUT2D eigenvalue weighted by atomic mass is 35.5. The van der Waals surface area contributed by atoms with Crippen LogP contribution in [-0.4, -0.2) is 43.0 Å². The molecule has 2 unspecified atom stereocenters. The molecule has 5 rings (SSSR count). The Morgan fingerprint density at radius 1 is 1.26 bits per heavy atom. The minimum absolute atomic E-state index is 0.0535. The lowest BCUT2D eigenvalue weighted by atomic mass is 10.0. The second-order valence-electron chi connectivity index (χ2n) is 8.06. The van der Waals surface area contributed by atoms with Gasteiger partial charge in [0.2, 0.25) is 0 Å². The number of hydrogen-bond acceptors (Lipinski definition) is 8. The summed E-state index contributed by atoms with van der Waals surface area (Å²) in [5, 5.41) is 0.467. The molecule has 0 bridgehead atoms. The molecule has 1 spiro atoms. The van der Waals surface area contributed by atoms with Gasteiger partial charge in [0.25, 0.3) is 0 Å². The van der Waals surface area contributed by atoms with E-state index < -0.39 is 20.1 Å². The van der Waals surface area contributed by atoms with Crippen molar-refractivity contribution in [2.24, 2.45) is 10.7 Å². The molecule has 5 heterocycles. The molecular weight excluding hydrogens is 458 g/mol. The minimum atomic E-state index is -3.59. The summed E-state index contributed by atoms with van der Waals surface area (Å²) in [6, 6.07) is 7.51. The van der Waals surface area contributed by atoms with Crippen molar-refractivity contribution in [2.45, 2.75) is 23.6 Å². The molecule has 7 nitrogen and oxygen atoms in total. The van der Waals surface area contributed by atoms with Gasteiger partial charge in [0.1, 0.15) is 11.4 Å². The Kier molecular flexibility index (Phi) is 4.78. The molecule has 0 amide bonds. The van der Waals surface area contributed by atoms with Crippen molar-refractivity contribution in [3.63, 3.8) is 0 Å². The van der Waals surface area contributed by atoms with Crippen molar-refractivity contribution in [3.8, 4) is 21.7 Å². The zero-order chi connectivity index (χ0) is 21.9. The Bertz CT molecular complexity index is 1280. The number of furan rings is 1. The van der Waals surface area contributed by atoms with E-state index in [-0.39, 0.29) is 18.2 Å². The van der Waals surface area contributed by atoms with Crippen molar-refractivity contribution in [2.75, 3.05) is 19.0 Å². The van der Waals surface area contributed by atoms with Gasteiger partial charge in [-0.15, -0.1) is 11.3 Å². The van der Waals surface area contributed by atoms with Gasteiger partial charge in [0.15, 0.2) is 14.6 Å². The molecule has 10 heteroatoms. The van der Waals surface area contributed by atoms with Crippen molar-refractivity contribution >= 4 is 38.6 Å². The van der Waals surface area contributed by atoms with E-state index in [2.05, 4.69) is 9.98 Å². The molecule has 3 aromatic rings. The predicted molar refractivity (Wildman–Crippen MR) is 121 cm³/mol. The maximum absolute atomic E-state index is 13.3. The molecule has 2 aliphatic rings. The number of rotatable bonds is 3. The lowest BCUT2D eigenvalue weighted by Gasteiger charge is -2.38. The molecular formula is C21H20ClN3O4S2. The number of nitrogens with zero attached hydrogens (tertiary/aromatic N) is 2. The van der Waals surface area contributed by atoms with Crippen LogP contribution in [0.2, 0.25) is 5.02 Å². The van der Waals surface area contributed by atoms with Gasteiger partial charge in [-0.3, -0.25) is 9.98 Å². The van der Waals surface area contributed by atoms with Crippen molar-refractivity contribution in [1.82, 2.24) is 4.98 Å². The van der Waals surface area contributed by atoms with Crippen LogP contribution in [0, 0.1) is 0 Å². The number of sulfone groups is 1. The number of pyridine rings is 1. The first-order chi connectivity index (χ1) is 14.7. The van der Waals surface area contributed by atoms with E-state index in [1.807, 2.05) is 24.3 Å². The Morgan fingerprint density at radius 3 is 2.77 bits per heavy atom. The number of aliphatic imine (C=N–C) groups is 1. The van der Waals surface area contributed by atoms with Crippen LogP contribution in [0.5, 0.6) is 0 Å². The Morgan fingerprint density at radius 2 is 2.10 bits per heavy atom. The molecule has 0 saturated carbocycles. The number of thiophene rings is 1. The van der Waals surface area contributed by atoms with Gasteiger partial charge >= 0.3 is 0 Å². The summed E-state index contributed by atoms with van der Waals surface area (Å²) in [6.45, 7) is 2.18. The second-order valence-corrected chi connectivity index (χ2v) is 11.8. The van der Waals surface area contributed by atoms with E-state index in [1.165, 1.54) is 11.3 Å². The summed E-state index contributed by atoms with van der Waals surface area (Å²) in [6.07, 6.45) is 5.28. The number of amidine groups is 1. The number of hydrogen-bond donors (Lipinski definition) is 1. The number of nitrogens with two attached hydrogens (primary N) is 1. The van der Waals surface area contributed by atoms with E-state index in [4.69, 9.17) is 26.5 Å². The molecule has 1 fully saturated rings. The molecule has 2 aliphatic heterocycles. The summed E-state index contributed by atoms with van der Waals surface area (Å²) in [4.78, 5) is 10.6. The topological polar surface area (TPSA) is 108 Å². The highest BCUT2D eigenvalue weighted by molar-refractivity contribution is 7.93. The zero-order valence-corrected chi connectivity index (χ0v) is 19.1. The molecule has 2 N–H and O–H groups in total. The largest absolute Gasteiger partial charge is 0.472 e. The predicted octanol–water partition coefficient (Wildman–Crippen LogP) is 3.88. The fourth-order valence-electron chi connectivity index (χ4n) is 4.21. The first-order valence-corrected chi connectivity index (χ1v) is 12.5. The number of halogens is 1. The normalized spacial score (nSPS) is 27.5. The van der Waals surface area contributed by atoms with Crippen LogP contribution in [0.1, 0.15) is 18.2 Å². The van der Waals surface area contributed by atoms with E-state index >= 15 is 0 Å². The lowest BCUT2D eigenvalue weighted by molar-refractivity contribution is 0.194. The van der Waals surface area contributed by atoms with Crippen LogP contribution in [-0.2, 0) is 20.1 Å². The molecule has 0 aliphatic carbocycles. The van der Waals surface area contributed by atoms with Crippen LogP contribution in [0.4, 0.5) is 0 Å². The van der Waals surface area contributed by atoms with E-state index in [1.54, 1.807) is 25.6 Å². The molecule has 31 heavy (non-hydrogen) atoms. The van der Waals surface area contributed by atoms with Gasteiger partial charge in [-0.2, -0.15) is 0 Å². The van der Waals surface area contributed by atoms with Gasteiger partial charge in [0, 0.05) is 23.2 Å². The minimum Gasteiger partial charge on any atom is -0.472 e. The van der Waals surface area contributed by atoms with E-state index in [0.717, 1.165) is 21.7 Å². The molecule has 162 valence electrons. The van der Waals surface area contributed by atoms with E-state index in [9.17, 15) is 8.42 Å². The zero-order valence-electron chi connectivity index (χ0n) is 16.7. The molecule has 1 saturated heterocycles. The van der Waals surface area contributed by atoms with Crippen LogP contribution in [0.15, 0.2) is 52.4 Å². The third-order valence-electron chi connectivity index (χ3n) is 5.92. The molecule has 0 aromatic carbocycles. The smallest absolute Gasteiger partial charge is 0.168 e. The summed E-state index contributed by atoms with van der Waals surface area (Å²) < 4.78 is 35.8. The van der Waals surface area contributed by atoms with Crippen LogP contribution in [0.25, 0.3) is 21.7 Å².